The first-order valence-electron chi connectivity index (χ1n) is 16.6. The highest BCUT2D eigenvalue weighted by atomic mass is 79.9. The molecule has 0 spiro atoms. The molecule has 0 bridgehead atoms. The number of carbonyl (C=O) groups excluding carboxylic acids is 2. The average molecular weight is 1070 g/mol. The minimum atomic E-state index is -1.82. The Hall–Kier alpha value is -4.07. The number of hydrogen-bond acceptors (Lipinski definition) is 9. The van der Waals surface area contributed by atoms with Gasteiger partial charge in [-0.15, -0.1) is 0 Å². The van der Waals surface area contributed by atoms with Crippen LogP contribution in [0.5, 0.6) is 0 Å². The first-order chi connectivity index (χ1) is 26.6. The molecule has 0 aliphatic carbocycles. The van der Waals surface area contributed by atoms with Crippen molar-refractivity contribution in [3.05, 3.63) is 143 Å². The third-order valence-corrected chi connectivity index (χ3v) is 11.1. The monoisotopic (exact) mass is 1060 g/mol. The highest BCUT2D eigenvalue weighted by Crippen LogP contribution is 2.28. The van der Waals surface area contributed by atoms with Crippen molar-refractivity contribution in [1.82, 2.24) is 5.32 Å². The summed E-state index contributed by atoms with van der Waals surface area (Å²) in [5.74, 6) is -3.70. The molecule has 4 rings (SSSR count). The van der Waals surface area contributed by atoms with Crippen LogP contribution in [-0.2, 0) is 44.9 Å². The number of nitrogens with two attached hydrogens (primary N) is 1. The number of nitrogens with zero attached hydrogens (tertiary/aromatic N) is 2. The minimum absolute atomic E-state index is 0.0544. The van der Waals surface area contributed by atoms with Crippen LogP contribution in [0.1, 0.15) is 44.5 Å². The van der Waals surface area contributed by atoms with E-state index in [1.165, 1.54) is 12.1 Å². The average Bonchev–Trinajstić information content (AvgIpc) is 3.10. The number of nitro benzene ring substituents is 2. The lowest BCUT2D eigenvalue weighted by Crippen LogP contribution is -2.27. The number of carboxylic acids is 2. The lowest BCUT2D eigenvalue weighted by Gasteiger charge is -2.09. The minimum Gasteiger partial charge on any atom is -0.473 e. The van der Waals surface area contributed by atoms with Gasteiger partial charge in [0.1, 0.15) is 0 Å². The van der Waals surface area contributed by atoms with Gasteiger partial charge in [-0.2, -0.15) is 0 Å². The fraction of sp³-hybridized carbons (Fsp3) is 0.263. The number of hydrogen-bond donors (Lipinski definition) is 4. The summed E-state index contributed by atoms with van der Waals surface area (Å²) in [6.07, 6.45) is 1.96. The lowest BCUT2D eigenvalue weighted by molar-refractivity contribution is -0.385. The molecule has 0 aliphatic heterocycles. The molecule has 306 valence electrons. The molecule has 57 heavy (non-hydrogen) atoms. The van der Waals surface area contributed by atoms with Crippen molar-refractivity contribution >= 4 is 110 Å². The topological polar surface area (TPSA) is 233 Å². The zero-order valence-electron chi connectivity index (χ0n) is 31.0. The Morgan fingerprint density at radius 1 is 0.649 bits per heavy atom. The Morgan fingerprint density at radius 2 is 1.02 bits per heavy atom. The standard InChI is InChI=1S/C18H18Br2N2O3.C9H7Br2ClO.C9H12N2O2.C2H2O4/c1-11-7-13(3-4-17(11)22(24)25)5-6-21-18(23)10-14-8-15(19)12(2)16(20)9-14;1-5-7(10)2-6(3-8(5)11)4-9(12)13;1-7-6-8(4-5-10)2-3-9(7)11(12)13;3-1(4)2(5)6/h3-4,7-9H,5-6,10H2,1-2H3,(H,21,23);2-3H,4H2,1H3;2-3,6H,4-5,10H2,1H3;(H,3,4)(H,5,6). The van der Waals surface area contributed by atoms with E-state index in [2.05, 4.69) is 69.0 Å². The van der Waals surface area contributed by atoms with Crippen LogP contribution >= 0.6 is 75.3 Å². The van der Waals surface area contributed by atoms with Gasteiger partial charge < -0.3 is 21.3 Å². The number of aryl methyl sites for hydroxylation is 2. The molecule has 4 aromatic carbocycles. The van der Waals surface area contributed by atoms with Crippen molar-refractivity contribution in [2.24, 2.45) is 5.73 Å². The molecule has 0 fully saturated rings. The summed E-state index contributed by atoms with van der Waals surface area (Å²) in [6.45, 7) is 8.48. The summed E-state index contributed by atoms with van der Waals surface area (Å²) < 4.78 is 3.89. The third-order valence-electron chi connectivity index (χ3n) is 7.66. The second-order valence-corrected chi connectivity index (χ2v) is 15.9. The van der Waals surface area contributed by atoms with E-state index >= 15 is 0 Å². The Morgan fingerprint density at radius 3 is 1.33 bits per heavy atom. The molecule has 5 N–H and O–H groups in total. The number of rotatable bonds is 11. The highest BCUT2D eigenvalue weighted by Gasteiger charge is 2.12. The van der Waals surface area contributed by atoms with E-state index in [9.17, 15) is 29.8 Å². The van der Waals surface area contributed by atoms with Gasteiger partial charge >= 0.3 is 11.9 Å². The maximum atomic E-state index is 12.1. The molecule has 0 saturated carbocycles. The molecular weight excluding hydrogens is 1030 g/mol. The largest absolute Gasteiger partial charge is 0.473 e. The number of aliphatic carboxylic acids is 2. The number of nitro groups is 2. The van der Waals surface area contributed by atoms with Crippen molar-refractivity contribution in [3.8, 4) is 0 Å². The van der Waals surface area contributed by atoms with Crippen molar-refractivity contribution in [3.63, 3.8) is 0 Å². The lowest BCUT2D eigenvalue weighted by atomic mass is 10.1. The molecular formula is C38H39Br4ClN4O10. The molecule has 0 unspecified atom stereocenters. The quantitative estimate of drug-likeness (QED) is 0.0479. The van der Waals surface area contributed by atoms with E-state index in [1.807, 2.05) is 44.2 Å². The summed E-state index contributed by atoms with van der Waals surface area (Å²) >= 11 is 19.1. The molecule has 0 aliphatic rings. The summed E-state index contributed by atoms with van der Waals surface area (Å²) in [4.78, 5) is 61.5. The Kier molecular flexibility index (Phi) is 22.6. The van der Waals surface area contributed by atoms with Crippen LogP contribution in [0.2, 0.25) is 0 Å². The van der Waals surface area contributed by atoms with Crippen LogP contribution < -0.4 is 11.1 Å². The molecule has 1 amide bonds. The molecule has 14 nitrogen and oxygen atoms in total. The Balaban J connectivity index is 0.000000428. The van der Waals surface area contributed by atoms with E-state index in [1.54, 1.807) is 32.0 Å². The smallest absolute Gasteiger partial charge is 0.414 e. The predicted octanol–water partition coefficient (Wildman–Crippen LogP) is 9.03. The predicted molar refractivity (Wildman–Crippen MR) is 232 cm³/mol. The molecule has 0 aromatic heterocycles. The maximum Gasteiger partial charge on any atom is 0.414 e. The summed E-state index contributed by atoms with van der Waals surface area (Å²) in [5.41, 5.74) is 13.0. The number of carbonyl (C=O) groups is 4. The Bertz CT molecular complexity index is 2060. The Labute approximate surface area is 367 Å². The third kappa shape index (κ3) is 18.8. The van der Waals surface area contributed by atoms with Gasteiger partial charge in [0.2, 0.25) is 11.1 Å². The molecule has 19 heteroatoms. The van der Waals surface area contributed by atoms with E-state index in [0.717, 1.165) is 57.7 Å². The second kappa shape index (κ2) is 25.3. The zero-order valence-corrected chi connectivity index (χ0v) is 38.1. The van der Waals surface area contributed by atoms with Crippen LogP contribution in [0.3, 0.4) is 0 Å². The molecule has 0 saturated heterocycles. The van der Waals surface area contributed by atoms with Crippen molar-refractivity contribution in [2.45, 2.75) is 53.4 Å². The van der Waals surface area contributed by atoms with Gasteiger partial charge in [0.15, 0.2) is 0 Å². The first kappa shape index (κ1) is 50.9. The van der Waals surface area contributed by atoms with E-state index < -0.39 is 16.9 Å². The van der Waals surface area contributed by atoms with Crippen molar-refractivity contribution in [2.75, 3.05) is 13.1 Å². The molecule has 0 radical (unpaired) electrons. The summed E-state index contributed by atoms with van der Waals surface area (Å²) in [6, 6.07) is 17.8. The van der Waals surface area contributed by atoms with Gasteiger partial charge in [-0.3, -0.25) is 29.8 Å². The molecule has 4 aromatic rings. The van der Waals surface area contributed by atoms with Gasteiger partial charge in [-0.1, -0.05) is 75.9 Å². The van der Waals surface area contributed by atoms with Gasteiger partial charge in [-0.25, -0.2) is 9.59 Å². The number of amides is 1. The van der Waals surface area contributed by atoms with E-state index in [4.69, 9.17) is 37.1 Å². The van der Waals surface area contributed by atoms with Crippen LogP contribution in [-0.4, -0.2) is 56.2 Å². The fourth-order valence-corrected chi connectivity index (χ4v) is 7.39. The summed E-state index contributed by atoms with van der Waals surface area (Å²) in [7, 11) is 0. The number of nitrogens with one attached hydrogen (secondary N) is 1. The van der Waals surface area contributed by atoms with Gasteiger partial charge in [-0.05, 0) is 128 Å². The van der Waals surface area contributed by atoms with Gasteiger partial charge in [0.25, 0.3) is 11.4 Å². The number of benzene rings is 4. The molecule has 0 atom stereocenters. The van der Waals surface area contributed by atoms with Crippen molar-refractivity contribution in [1.29, 1.82) is 0 Å². The molecule has 0 heterocycles. The SMILES string of the molecule is Cc1c(Br)cc(CC(=O)Cl)cc1Br.Cc1cc(CCN)ccc1[N+](=O)[O-].Cc1cc(CCNC(=O)Cc2cc(Br)c(C)c(Br)c2)ccc1[N+](=O)[O-].O=C(O)C(=O)O. The van der Waals surface area contributed by atoms with Crippen LogP contribution in [0.25, 0.3) is 0 Å². The number of carboxylic acid groups (broad SMARTS) is 2. The van der Waals surface area contributed by atoms with Crippen molar-refractivity contribution < 1.29 is 39.2 Å². The summed E-state index contributed by atoms with van der Waals surface area (Å²) in [5, 5.41) is 38.6. The van der Waals surface area contributed by atoms with Crippen LogP contribution in [0.4, 0.5) is 11.4 Å². The van der Waals surface area contributed by atoms with Crippen LogP contribution in [0.15, 0.2) is 78.6 Å². The maximum absolute atomic E-state index is 12.1. The van der Waals surface area contributed by atoms with Crippen LogP contribution in [0, 0.1) is 47.9 Å². The zero-order chi connectivity index (χ0) is 43.6. The first-order valence-corrected chi connectivity index (χ1v) is 20.1. The van der Waals surface area contributed by atoms with E-state index in [-0.39, 0.29) is 33.9 Å². The highest BCUT2D eigenvalue weighted by molar-refractivity contribution is 9.11. The fourth-order valence-electron chi connectivity index (χ4n) is 4.68. The van der Waals surface area contributed by atoms with Gasteiger partial charge in [0, 0.05) is 54.1 Å². The normalized spacial score (nSPS) is 10.0. The van der Waals surface area contributed by atoms with E-state index in [0.29, 0.717) is 37.1 Å². The van der Waals surface area contributed by atoms with Gasteiger partial charge in [0.05, 0.1) is 16.3 Å². The number of halogens is 5. The second-order valence-electron chi connectivity index (χ2n) is 12.1.